The van der Waals surface area contributed by atoms with Gasteiger partial charge in [0.1, 0.15) is 6.29 Å². The number of hydrogen-bond acceptors (Lipinski definition) is 5. The fourth-order valence-corrected chi connectivity index (χ4v) is 1.68. The summed E-state index contributed by atoms with van der Waals surface area (Å²) in [6, 6.07) is 1.74. The number of allylic oxidation sites excluding steroid dienone is 1. The van der Waals surface area contributed by atoms with Crippen LogP contribution in [0.5, 0.6) is 23.0 Å². The molecule has 0 fully saturated rings. The lowest BCUT2D eigenvalue weighted by atomic mass is 10.1. The third kappa shape index (κ3) is 1.91. The van der Waals surface area contributed by atoms with Gasteiger partial charge in [-0.25, -0.2) is 0 Å². The van der Waals surface area contributed by atoms with Gasteiger partial charge >= 0.3 is 0 Å². The molecule has 1 aliphatic heterocycles. The molecule has 0 amide bonds. The Balaban J connectivity index is 2.59. The molecule has 2 rings (SSSR count). The zero-order valence-corrected chi connectivity index (χ0v) is 9.56. The first-order valence-electron chi connectivity index (χ1n) is 4.98. The Bertz CT molecular complexity index is 464. The number of hydrogen-bond donors (Lipinski definition) is 0. The molecule has 1 aliphatic rings. The van der Waals surface area contributed by atoms with Crippen LogP contribution in [0.1, 0.15) is 5.56 Å². The first-order valence-corrected chi connectivity index (χ1v) is 4.98. The fourth-order valence-electron chi connectivity index (χ4n) is 1.68. The fraction of sp³-hybridized carbons (Fsp3) is 0.250. The van der Waals surface area contributed by atoms with Crippen LogP contribution < -0.4 is 18.9 Å². The highest BCUT2D eigenvalue weighted by atomic mass is 16.7. The van der Waals surface area contributed by atoms with E-state index in [1.54, 1.807) is 12.1 Å². The summed E-state index contributed by atoms with van der Waals surface area (Å²) in [5.41, 5.74) is 0.695. The van der Waals surface area contributed by atoms with Gasteiger partial charge in [0, 0.05) is 5.56 Å². The highest BCUT2D eigenvalue weighted by Crippen LogP contribution is 2.49. The third-order valence-corrected chi connectivity index (χ3v) is 2.37. The Morgan fingerprint density at radius 1 is 1.24 bits per heavy atom. The number of carbonyl (C=O) groups is 1. The maximum Gasteiger partial charge on any atom is 0.231 e. The van der Waals surface area contributed by atoms with Crippen molar-refractivity contribution in [3.05, 3.63) is 17.7 Å². The number of fused-ring (bicyclic) bond motifs is 1. The summed E-state index contributed by atoms with van der Waals surface area (Å²) in [4.78, 5) is 10.4. The number of rotatable bonds is 4. The van der Waals surface area contributed by atoms with Crippen molar-refractivity contribution in [3.63, 3.8) is 0 Å². The highest BCUT2D eigenvalue weighted by Gasteiger charge is 2.25. The second kappa shape index (κ2) is 4.78. The third-order valence-electron chi connectivity index (χ3n) is 2.37. The second-order valence-corrected chi connectivity index (χ2v) is 3.26. The number of benzene rings is 1. The van der Waals surface area contributed by atoms with Crippen LogP contribution >= 0.6 is 0 Å². The van der Waals surface area contributed by atoms with Crippen LogP contribution in [0.4, 0.5) is 0 Å². The lowest BCUT2D eigenvalue weighted by molar-refractivity contribution is -0.104. The number of methoxy groups -OCH3 is 2. The van der Waals surface area contributed by atoms with Crippen molar-refractivity contribution < 1.29 is 23.7 Å². The number of carbonyl (C=O) groups excluding carboxylic acids is 1. The molecule has 0 unspecified atom stereocenters. The standard InChI is InChI=1S/C12H12O5/c1-14-10-8(4-3-5-13)6-9-11(12(10)15-2)17-7-16-9/h3-6H,7H2,1-2H3/b4-3+. The smallest absolute Gasteiger partial charge is 0.231 e. The van der Waals surface area contributed by atoms with E-state index >= 15 is 0 Å². The maximum absolute atomic E-state index is 10.4. The average Bonchev–Trinajstić information content (AvgIpc) is 2.81. The van der Waals surface area contributed by atoms with Gasteiger partial charge in [-0.1, -0.05) is 0 Å². The molecular formula is C12H12O5. The summed E-state index contributed by atoms with van der Waals surface area (Å²) in [5.74, 6) is 2.07. The zero-order chi connectivity index (χ0) is 12.3. The zero-order valence-electron chi connectivity index (χ0n) is 9.56. The van der Waals surface area contributed by atoms with E-state index in [4.69, 9.17) is 18.9 Å². The lowest BCUT2D eigenvalue weighted by Gasteiger charge is -2.12. The van der Waals surface area contributed by atoms with Crippen molar-refractivity contribution >= 4 is 12.4 Å². The topological polar surface area (TPSA) is 54.0 Å². The van der Waals surface area contributed by atoms with Gasteiger partial charge in [-0.2, -0.15) is 0 Å². The Morgan fingerprint density at radius 3 is 2.65 bits per heavy atom. The van der Waals surface area contributed by atoms with E-state index in [1.165, 1.54) is 20.3 Å². The highest BCUT2D eigenvalue weighted by molar-refractivity contribution is 5.78. The molecule has 0 aromatic heterocycles. The van der Waals surface area contributed by atoms with Crippen LogP contribution in [0.2, 0.25) is 0 Å². The Kier molecular flexibility index (Phi) is 3.18. The molecule has 0 atom stereocenters. The Hall–Kier alpha value is -2.17. The monoisotopic (exact) mass is 236 g/mol. The predicted molar refractivity (Wildman–Crippen MR) is 60.8 cm³/mol. The minimum absolute atomic E-state index is 0.149. The van der Waals surface area contributed by atoms with Crippen molar-refractivity contribution in [1.29, 1.82) is 0 Å². The summed E-state index contributed by atoms with van der Waals surface area (Å²) >= 11 is 0. The molecule has 0 radical (unpaired) electrons. The lowest BCUT2D eigenvalue weighted by Crippen LogP contribution is -1.95. The molecule has 0 aliphatic carbocycles. The van der Waals surface area contributed by atoms with Crippen LogP contribution in [0.3, 0.4) is 0 Å². The quantitative estimate of drug-likeness (QED) is 0.587. The molecule has 0 saturated heterocycles. The molecule has 90 valence electrons. The van der Waals surface area contributed by atoms with E-state index in [0.29, 0.717) is 34.8 Å². The van der Waals surface area contributed by atoms with Gasteiger partial charge in [-0.3, -0.25) is 4.79 Å². The first-order chi connectivity index (χ1) is 8.31. The van der Waals surface area contributed by atoms with Gasteiger partial charge in [0.25, 0.3) is 0 Å². The van der Waals surface area contributed by atoms with Gasteiger partial charge in [0.15, 0.2) is 11.5 Å². The van der Waals surface area contributed by atoms with E-state index in [9.17, 15) is 4.79 Å². The van der Waals surface area contributed by atoms with Gasteiger partial charge in [-0.05, 0) is 18.2 Å². The predicted octanol–water partition coefficient (Wildman–Crippen LogP) is 1.64. The van der Waals surface area contributed by atoms with E-state index in [1.807, 2.05) is 0 Å². The number of aldehydes is 1. The maximum atomic E-state index is 10.4. The average molecular weight is 236 g/mol. The van der Waals surface area contributed by atoms with Crippen molar-refractivity contribution in [2.24, 2.45) is 0 Å². The minimum atomic E-state index is 0.149. The molecule has 1 aromatic rings. The van der Waals surface area contributed by atoms with E-state index < -0.39 is 0 Å². The summed E-state index contributed by atoms with van der Waals surface area (Å²) in [5, 5.41) is 0. The van der Waals surface area contributed by atoms with Gasteiger partial charge in [0.2, 0.25) is 18.3 Å². The molecule has 0 spiro atoms. The van der Waals surface area contributed by atoms with Crippen molar-refractivity contribution in [1.82, 2.24) is 0 Å². The normalized spacial score (nSPS) is 12.8. The summed E-state index contributed by atoms with van der Waals surface area (Å²) in [6.45, 7) is 0.149. The van der Waals surface area contributed by atoms with Crippen molar-refractivity contribution in [2.75, 3.05) is 21.0 Å². The summed E-state index contributed by atoms with van der Waals surface area (Å²) in [6.07, 6.45) is 3.69. The van der Waals surface area contributed by atoms with Crippen LogP contribution in [-0.2, 0) is 4.79 Å². The largest absolute Gasteiger partial charge is 0.492 e. The number of ether oxygens (including phenoxy) is 4. The summed E-state index contributed by atoms with van der Waals surface area (Å²) < 4.78 is 21.1. The van der Waals surface area contributed by atoms with Gasteiger partial charge < -0.3 is 18.9 Å². The van der Waals surface area contributed by atoms with E-state index in [2.05, 4.69) is 0 Å². The molecular weight excluding hydrogens is 224 g/mol. The summed E-state index contributed by atoms with van der Waals surface area (Å²) in [7, 11) is 3.05. The van der Waals surface area contributed by atoms with Crippen molar-refractivity contribution in [2.45, 2.75) is 0 Å². The Morgan fingerprint density at radius 2 is 2.00 bits per heavy atom. The molecule has 1 aromatic carbocycles. The van der Waals surface area contributed by atoms with Crippen molar-refractivity contribution in [3.8, 4) is 23.0 Å². The molecule has 0 bridgehead atoms. The van der Waals surface area contributed by atoms with E-state index in [0.717, 1.165) is 0 Å². The second-order valence-electron chi connectivity index (χ2n) is 3.26. The molecule has 5 nitrogen and oxygen atoms in total. The molecule has 17 heavy (non-hydrogen) atoms. The van der Waals surface area contributed by atoms with E-state index in [-0.39, 0.29) is 6.79 Å². The molecule has 5 heteroatoms. The molecule has 1 heterocycles. The minimum Gasteiger partial charge on any atom is -0.492 e. The first kappa shape index (κ1) is 11.3. The molecule has 0 N–H and O–H groups in total. The van der Waals surface area contributed by atoms with Gasteiger partial charge in [0.05, 0.1) is 14.2 Å². The van der Waals surface area contributed by atoms with Crippen LogP contribution in [0, 0.1) is 0 Å². The SMILES string of the molecule is COc1c(/C=C/C=O)cc2c(c1OC)OCO2. The molecule has 0 saturated carbocycles. The Labute approximate surface area is 98.5 Å². The van der Waals surface area contributed by atoms with Crippen LogP contribution in [0.25, 0.3) is 6.08 Å². The van der Waals surface area contributed by atoms with Crippen LogP contribution in [-0.4, -0.2) is 27.3 Å². The van der Waals surface area contributed by atoms with Crippen LogP contribution in [0.15, 0.2) is 12.1 Å². The van der Waals surface area contributed by atoms with Gasteiger partial charge in [-0.15, -0.1) is 0 Å².